The van der Waals surface area contributed by atoms with Crippen LogP contribution in [0.2, 0.25) is 0 Å². The predicted octanol–water partition coefficient (Wildman–Crippen LogP) is 13.8. The standard InChI is InChI=1S/C56H45BN2O2/c1-30-27-39-40(55(4,5)26-25-54(39,2)3)29-42(30)58-41-24-23-33-32-16-9-12-21-44(32)60-52(33)49(41)57-48-43(58)28-37-31-15-8-11-20-38(31)56(6,7)47(37)46(48)35-18-14-19-36-50(35)59(57)51-34-17-10-13-22-45(34)61-53(36)51/h8-24,27-29H,25-26H2,1-7H3. The first kappa shape index (κ1) is 34.3. The first-order valence-electron chi connectivity index (χ1n) is 22.1. The van der Waals surface area contributed by atoms with Crippen molar-refractivity contribution in [1.82, 2.24) is 4.48 Å². The van der Waals surface area contributed by atoms with Gasteiger partial charge in [0, 0.05) is 60.6 Å². The van der Waals surface area contributed by atoms with E-state index in [2.05, 4.69) is 179 Å². The molecule has 0 atom stereocenters. The molecule has 61 heavy (non-hydrogen) atoms. The number of hydrogen-bond donors (Lipinski definition) is 0. The molecule has 2 aliphatic heterocycles. The van der Waals surface area contributed by atoms with Crippen LogP contribution in [0.5, 0.6) is 0 Å². The summed E-state index contributed by atoms with van der Waals surface area (Å²) in [5.41, 5.74) is 24.5. The number of furan rings is 2. The minimum Gasteiger partial charge on any atom is -0.456 e. The molecule has 0 fully saturated rings. The molecule has 5 heterocycles. The number of rotatable bonds is 1. The van der Waals surface area contributed by atoms with E-state index in [1.165, 1.54) is 90.0 Å². The lowest BCUT2D eigenvalue weighted by atomic mass is 9.44. The third-order valence-electron chi connectivity index (χ3n) is 15.7. The maximum absolute atomic E-state index is 7.19. The molecule has 294 valence electrons. The summed E-state index contributed by atoms with van der Waals surface area (Å²) >= 11 is 0. The molecule has 0 radical (unpaired) electrons. The van der Waals surface area contributed by atoms with Gasteiger partial charge in [-0.2, -0.15) is 0 Å². The van der Waals surface area contributed by atoms with E-state index in [1.54, 1.807) is 0 Å². The van der Waals surface area contributed by atoms with Gasteiger partial charge in [-0.25, -0.2) is 0 Å². The molecule has 3 aromatic heterocycles. The molecule has 4 aliphatic rings. The monoisotopic (exact) mass is 788 g/mol. The zero-order chi connectivity index (χ0) is 41.1. The largest absolute Gasteiger partial charge is 0.456 e. The fourth-order valence-electron chi connectivity index (χ4n) is 12.7. The smallest absolute Gasteiger partial charge is 0.337 e. The van der Waals surface area contributed by atoms with Gasteiger partial charge in [0.1, 0.15) is 16.7 Å². The van der Waals surface area contributed by atoms with Crippen LogP contribution in [0, 0.1) is 6.92 Å². The van der Waals surface area contributed by atoms with E-state index in [1.807, 2.05) is 0 Å². The summed E-state index contributed by atoms with van der Waals surface area (Å²) in [7, 11) is 0. The molecule has 0 N–H and O–H groups in total. The van der Waals surface area contributed by atoms with Gasteiger partial charge in [-0.3, -0.25) is 0 Å². The third-order valence-corrected chi connectivity index (χ3v) is 15.7. The average Bonchev–Trinajstić information content (AvgIpc) is 3.98. The Morgan fingerprint density at radius 3 is 1.97 bits per heavy atom. The number of benzene rings is 7. The summed E-state index contributed by atoms with van der Waals surface area (Å²) in [4.78, 5) is 2.64. The predicted molar refractivity (Wildman–Crippen MR) is 255 cm³/mol. The van der Waals surface area contributed by atoms with Gasteiger partial charge < -0.3 is 18.2 Å². The van der Waals surface area contributed by atoms with Crippen molar-refractivity contribution in [3.05, 3.63) is 149 Å². The Morgan fingerprint density at radius 2 is 1.16 bits per heavy atom. The van der Waals surface area contributed by atoms with Crippen molar-refractivity contribution in [3.8, 4) is 22.3 Å². The van der Waals surface area contributed by atoms with Crippen molar-refractivity contribution >= 4 is 89.7 Å². The Bertz CT molecular complexity index is 3660. The maximum atomic E-state index is 7.19. The van der Waals surface area contributed by atoms with E-state index in [0.717, 1.165) is 55.8 Å². The fourth-order valence-corrected chi connectivity index (χ4v) is 12.7. The number of aromatic nitrogens is 1. The Morgan fingerprint density at radius 1 is 0.508 bits per heavy atom. The topological polar surface area (TPSA) is 34.5 Å². The minimum atomic E-state index is -0.239. The molecule has 4 nitrogen and oxygen atoms in total. The molecule has 0 saturated heterocycles. The highest BCUT2D eigenvalue weighted by atomic mass is 16.3. The van der Waals surface area contributed by atoms with Crippen LogP contribution in [0.25, 0.3) is 77.2 Å². The van der Waals surface area contributed by atoms with Crippen LogP contribution in [0.3, 0.4) is 0 Å². The molecule has 0 unspecified atom stereocenters. The first-order valence-corrected chi connectivity index (χ1v) is 22.1. The summed E-state index contributed by atoms with van der Waals surface area (Å²) < 4.78 is 16.8. The van der Waals surface area contributed by atoms with Crippen molar-refractivity contribution in [2.24, 2.45) is 0 Å². The van der Waals surface area contributed by atoms with Crippen LogP contribution in [0.4, 0.5) is 17.1 Å². The summed E-state index contributed by atoms with van der Waals surface area (Å²) in [6.45, 7) is 16.8. The van der Waals surface area contributed by atoms with Crippen LogP contribution in [-0.4, -0.2) is 11.3 Å². The number of anilines is 3. The quantitative estimate of drug-likeness (QED) is 0.155. The van der Waals surface area contributed by atoms with Gasteiger partial charge in [-0.15, -0.1) is 0 Å². The van der Waals surface area contributed by atoms with Gasteiger partial charge in [-0.1, -0.05) is 114 Å². The van der Waals surface area contributed by atoms with Crippen LogP contribution >= 0.6 is 0 Å². The van der Waals surface area contributed by atoms with Crippen LogP contribution in [-0.2, 0) is 16.2 Å². The SMILES string of the molecule is Cc1cc2c(cc1N1c3cc4c(c5c3B(c3c1ccc1c3oc3ccccc31)n1c3c-5cccc3c3oc5ccccc5c31)C(C)(C)c1ccccc1-4)C(C)(C)CCC2(C)C. The highest BCUT2D eigenvalue weighted by Crippen LogP contribution is 2.58. The Labute approximate surface area is 355 Å². The van der Waals surface area contributed by atoms with E-state index >= 15 is 0 Å². The second-order valence-electron chi connectivity index (χ2n) is 20.3. The molecule has 14 rings (SSSR count). The molecule has 0 spiro atoms. The lowest BCUT2D eigenvalue weighted by Crippen LogP contribution is -2.57. The molecule has 2 aliphatic carbocycles. The second-order valence-corrected chi connectivity index (χ2v) is 20.3. The summed E-state index contributed by atoms with van der Waals surface area (Å²) in [5.74, 6) is 0. The van der Waals surface area contributed by atoms with Crippen molar-refractivity contribution in [1.29, 1.82) is 0 Å². The van der Waals surface area contributed by atoms with Crippen molar-refractivity contribution < 1.29 is 8.83 Å². The molecule has 0 amide bonds. The summed E-state index contributed by atoms with van der Waals surface area (Å²) in [5, 5.41) is 4.58. The summed E-state index contributed by atoms with van der Waals surface area (Å²) in [6, 6.07) is 45.5. The van der Waals surface area contributed by atoms with Gasteiger partial charge >= 0.3 is 6.85 Å². The number of hydrogen-bond acceptors (Lipinski definition) is 3. The highest BCUT2D eigenvalue weighted by molar-refractivity contribution is 6.91. The number of aryl methyl sites for hydroxylation is 1. The van der Waals surface area contributed by atoms with E-state index in [9.17, 15) is 0 Å². The molecule has 0 saturated carbocycles. The molecule has 0 bridgehead atoms. The van der Waals surface area contributed by atoms with Crippen molar-refractivity contribution in [3.63, 3.8) is 0 Å². The zero-order valence-corrected chi connectivity index (χ0v) is 35.7. The Kier molecular flexibility index (Phi) is 6.12. The van der Waals surface area contributed by atoms with E-state index in [4.69, 9.17) is 8.83 Å². The van der Waals surface area contributed by atoms with Crippen molar-refractivity contribution in [2.45, 2.75) is 77.6 Å². The van der Waals surface area contributed by atoms with E-state index in [-0.39, 0.29) is 23.1 Å². The Hall–Kier alpha value is -6.46. The second kappa shape index (κ2) is 10.9. The summed E-state index contributed by atoms with van der Waals surface area (Å²) in [6.07, 6.45) is 2.34. The van der Waals surface area contributed by atoms with Crippen LogP contribution < -0.4 is 15.8 Å². The highest BCUT2D eigenvalue weighted by Gasteiger charge is 2.50. The molecule has 5 heteroatoms. The molecule has 10 aromatic rings. The lowest BCUT2D eigenvalue weighted by Gasteiger charge is -2.45. The van der Waals surface area contributed by atoms with E-state index < -0.39 is 0 Å². The van der Waals surface area contributed by atoms with Gasteiger partial charge in [0.2, 0.25) is 0 Å². The first-order chi connectivity index (χ1) is 29.4. The molecular weight excluding hydrogens is 743 g/mol. The molecule has 7 aromatic carbocycles. The third kappa shape index (κ3) is 4.00. The van der Waals surface area contributed by atoms with Gasteiger partial charge in [0.25, 0.3) is 0 Å². The fraction of sp³-hybridized carbons (Fsp3) is 0.214. The normalized spacial score (nSPS) is 17.3. The van der Waals surface area contributed by atoms with Crippen molar-refractivity contribution in [2.75, 3.05) is 4.90 Å². The van der Waals surface area contributed by atoms with Gasteiger partial charge in [0.15, 0.2) is 5.58 Å². The number of para-hydroxylation sites is 3. The van der Waals surface area contributed by atoms with Crippen LogP contribution in [0.15, 0.2) is 130 Å². The van der Waals surface area contributed by atoms with E-state index in [0.29, 0.717) is 0 Å². The average molecular weight is 789 g/mol. The zero-order valence-electron chi connectivity index (χ0n) is 35.7. The number of nitrogens with zero attached hydrogens (tertiary/aromatic N) is 2. The maximum Gasteiger partial charge on any atom is 0.337 e. The van der Waals surface area contributed by atoms with Crippen LogP contribution in [0.1, 0.15) is 82.2 Å². The Balaban J connectivity index is 1.22. The van der Waals surface area contributed by atoms with Gasteiger partial charge in [-0.05, 0) is 129 Å². The number of fused-ring (bicyclic) bond motifs is 18. The van der Waals surface area contributed by atoms with Gasteiger partial charge in [0.05, 0.1) is 5.52 Å². The molecular formula is C56H45BN2O2. The minimum absolute atomic E-state index is 0.0428. The lowest BCUT2D eigenvalue weighted by molar-refractivity contribution is 0.332.